The molecule has 0 heterocycles. The van der Waals surface area contributed by atoms with Gasteiger partial charge < -0.3 is 15.0 Å². The Morgan fingerprint density at radius 2 is 1.78 bits per heavy atom. The van der Waals surface area contributed by atoms with Gasteiger partial charge in [0.25, 0.3) is 10.0 Å². The highest BCUT2D eigenvalue weighted by molar-refractivity contribution is 7.90. The highest BCUT2D eigenvalue weighted by atomic mass is 32.2. The van der Waals surface area contributed by atoms with Crippen LogP contribution < -0.4 is 5.32 Å². The number of amides is 1. The molecule has 0 saturated carbocycles. The monoisotopic (exact) mass is 529 g/mol. The maximum Gasteiger partial charge on any atom is 0.338 e. The average molecular weight is 530 g/mol. The van der Waals surface area contributed by atoms with Gasteiger partial charge in [-0.05, 0) is 54.4 Å². The highest BCUT2D eigenvalue weighted by Crippen LogP contribution is 2.32. The predicted octanol–water partition coefficient (Wildman–Crippen LogP) is 4.27. The molecule has 0 bridgehead atoms. The number of carbonyl (C=O) groups excluding carboxylic acids is 2. The summed E-state index contributed by atoms with van der Waals surface area (Å²) in [6.07, 6.45) is 0.806. The smallest absolute Gasteiger partial charge is 0.338 e. The number of ether oxygens (including phenoxy) is 1. The summed E-state index contributed by atoms with van der Waals surface area (Å²) in [6.45, 7) is 1.68. The molecular weight excluding hydrogens is 504 g/mol. The van der Waals surface area contributed by atoms with E-state index in [4.69, 9.17) is 4.74 Å². The molecule has 0 unspecified atom stereocenters. The summed E-state index contributed by atoms with van der Waals surface area (Å²) >= 11 is 0. The number of benzene rings is 3. The minimum absolute atomic E-state index is 0.0491. The third-order valence-electron chi connectivity index (χ3n) is 4.99. The Kier molecular flexibility index (Phi) is 8.72. The van der Waals surface area contributed by atoms with Gasteiger partial charge in [-0.1, -0.05) is 24.3 Å². The van der Waals surface area contributed by atoms with Crippen molar-refractivity contribution in [2.24, 2.45) is 4.40 Å². The SMILES string of the molecule is CCOC(=O)c1cc(F)cc(-c2ccc(NC(=O)Cc3ccccc3F)cc2S(=O)(=O)N=CN(C)C)c1. The van der Waals surface area contributed by atoms with Gasteiger partial charge in [0.05, 0.1) is 23.5 Å². The Bertz CT molecular complexity index is 1460. The van der Waals surface area contributed by atoms with Crippen molar-refractivity contribution in [3.63, 3.8) is 0 Å². The standard InChI is InChI=1S/C26H25F2N3O5S/c1-4-36-26(33)19-11-18(12-20(27)13-19)22-10-9-21(15-24(22)37(34,35)29-16-31(2)3)30-25(32)14-17-7-5-6-8-23(17)28/h5-13,15-16H,4,14H2,1-3H3,(H,30,32). The summed E-state index contributed by atoms with van der Waals surface area (Å²) in [4.78, 5) is 25.8. The molecule has 3 aromatic carbocycles. The molecule has 1 amide bonds. The van der Waals surface area contributed by atoms with Crippen LogP contribution in [-0.2, 0) is 26.0 Å². The van der Waals surface area contributed by atoms with Crippen molar-refractivity contribution in [2.45, 2.75) is 18.2 Å². The lowest BCUT2D eigenvalue weighted by atomic mass is 10.0. The van der Waals surface area contributed by atoms with Gasteiger partial charge in [0, 0.05) is 25.3 Å². The van der Waals surface area contributed by atoms with Crippen molar-refractivity contribution in [3.8, 4) is 11.1 Å². The third kappa shape index (κ3) is 7.20. The lowest BCUT2D eigenvalue weighted by Gasteiger charge is -2.13. The first-order chi connectivity index (χ1) is 17.5. The Labute approximate surface area is 213 Å². The van der Waals surface area contributed by atoms with Gasteiger partial charge in [0.1, 0.15) is 18.0 Å². The first-order valence-corrected chi connectivity index (χ1v) is 12.6. The van der Waals surface area contributed by atoms with E-state index in [0.29, 0.717) is 0 Å². The fraction of sp³-hybridized carbons (Fsp3) is 0.192. The summed E-state index contributed by atoms with van der Waals surface area (Å²) in [5, 5.41) is 2.55. The second-order valence-corrected chi connectivity index (χ2v) is 9.74. The van der Waals surface area contributed by atoms with Crippen molar-refractivity contribution in [1.82, 2.24) is 4.90 Å². The number of nitrogens with zero attached hydrogens (tertiary/aromatic N) is 2. The first-order valence-electron chi connectivity index (χ1n) is 11.1. The summed E-state index contributed by atoms with van der Waals surface area (Å²) in [5.41, 5.74) is 0.315. The van der Waals surface area contributed by atoms with Crippen LogP contribution in [0.15, 0.2) is 70.0 Å². The maximum absolute atomic E-state index is 14.4. The summed E-state index contributed by atoms with van der Waals surface area (Å²) in [5.74, 6) is -2.66. The first kappa shape index (κ1) is 27.5. The van der Waals surface area contributed by atoms with Crippen LogP contribution in [0.25, 0.3) is 11.1 Å². The zero-order chi connectivity index (χ0) is 27.2. The van der Waals surface area contributed by atoms with Crippen LogP contribution in [0.2, 0.25) is 0 Å². The average Bonchev–Trinajstić information content (AvgIpc) is 2.84. The Morgan fingerprint density at radius 1 is 1.05 bits per heavy atom. The molecule has 0 aliphatic carbocycles. The van der Waals surface area contributed by atoms with E-state index in [1.54, 1.807) is 27.1 Å². The fourth-order valence-corrected chi connectivity index (χ4v) is 4.53. The number of anilines is 1. The molecule has 0 spiro atoms. The molecular formula is C26H25F2N3O5S. The minimum atomic E-state index is -4.34. The van der Waals surface area contributed by atoms with Gasteiger partial charge >= 0.3 is 5.97 Å². The normalized spacial score (nSPS) is 11.4. The highest BCUT2D eigenvalue weighted by Gasteiger charge is 2.22. The van der Waals surface area contributed by atoms with Gasteiger partial charge in [-0.2, -0.15) is 8.42 Å². The van der Waals surface area contributed by atoms with E-state index in [0.717, 1.165) is 18.5 Å². The van der Waals surface area contributed by atoms with Crippen molar-refractivity contribution in [3.05, 3.63) is 83.4 Å². The van der Waals surface area contributed by atoms with E-state index in [1.165, 1.54) is 47.4 Å². The van der Waals surface area contributed by atoms with Crippen LogP contribution in [0.5, 0.6) is 0 Å². The molecule has 3 aromatic rings. The van der Waals surface area contributed by atoms with Crippen LogP contribution in [0.1, 0.15) is 22.8 Å². The van der Waals surface area contributed by atoms with E-state index in [9.17, 15) is 26.8 Å². The van der Waals surface area contributed by atoms with E-state index in [-0.39, 0.29) is 45.9 Å². The van der Waals surface area contributed by atoms with E-state index in [1.807, 2.05) is 0 Å². The molecule has 0 atom stereocenters. The van der Waals surface area contributed by atoms with Gasteiger partial charge in [-0.15, -0.1) is 4.40 Å². The Hall–Kier alpha value is -4.12. The second kappa shape index (κ2) is 11.7. The van der Waals surface area contributed by atoms with Crippen molar-refractivity contribution in [1.29, 1.82) is 0 Å². The summed E-state index contributed by atoms with van der Waals surface area (Å²) < 4.78 is 63.2. The topological polar surface area (TPSA) is 105 Å². The molecule has 0 aromatic heterocycles. The molecule has 1 N–H and O–H groups in total. The molecule has 37 heavy (non-hydrogen) atoms. The van der Waals surface area contributed by atoms with Gasteiger partial charge in [-0.25, -0.2) is 13.6 Å². The fourth-order valence-electron chi connectivity index (χ4n) is 3.36. The van der Waals surface area contributed by atoms with Crippen LogP contribution in [0.3, 0.4) is 0 Å². The molecule has 0 radical (unpaired) electrons. The number of hydrogen-bond donors (Lipinski definition) is 1. The quantitative estimate of drug-likeness (QED) is 0.252. The van der Waals surface area contributed by atoms with Crippen LogP contribution >= 0.6 is 0 Å². The molecule has 11 heteroatoms. The van der Waals surface area contributed by atoms with Crippen molar-refractivity contribution < 1.29 is 31.5 Å². The Balaban J connectivity index is 2.06. The molecule has 194 valence electrons. The van der Waals surface area contributed by atoms with Crippen LogP contribution in [0, 0.1) is 11.6 Å². The summed E-state index contributed by atoms with van der Waals surface area (Å²) in [6, 6.07) is 13.1. The molecule has 8 nitrogen and oxygen atoms in total. The largest absolute Gasteiger partial charge is 0.462 e. The maximum atomic E-state index is 14.4. The molecule has 0 aliphatic heterocycles. The lowest BCUT2D eigenvalue weighted by molar-refractivity contribution is -0.115. The molecule has 3 rings (SSSR count). The molecule has 0 saturated heterocycles. The second-order valence-electron chi connectivity index (χ2n) is 8.14. The van der Waals surface area contributed by atoms with E-state index < -0.39 is 33.5 Å². The van der Waals surface area contributed by atoms with E-state index >= 15 is 0 Å². The lowest BCUT2D eigenvalue weighted by Crippen LogP contribution is -2.16. The Morgan fingerprint density at radius 3 is 2.46 bits per heavy atom. The number of nitrogens with one attached hydrogen (secondary N) is 1. The molecule has 0 fully saturated rings. The third-order valence-corrected chi connectivity index (χ3v) is 6.25. The summed E-state index contributed by atoms with van der Waals surface area (Å²) in [7, 11) is -1.17. The van der Waals surface area contributed by atoms with Crippen LogP contribution in [0.4, 0.5) is 14.5 Å². The number of carbonyl (C=O) groups is 2. The minimum Gasteiger partial charge on any atom is -0.462 e. The van der Waals surface area contributed by atoms with Crippen LogP contribution in [-0.4, -0.2) is 52.2 Å². The van der Waals surface area contributed by atoms with Gasteiger partial charge in [-0.3, -0.25) is 4.79 Å². The van der Waals surface area contributed by atoms with Gasteiger partial charge in [0.2, 0.25) is 5.91 Å². The zero-order valence-corrected chi connectivity index (χ0v) is 21.2. The molecule has 0 aliphatic rings. The number of hydrogen-bond acceptors (Lipinski definition) is 5. The van der Waals surface area contributed by atoms with E-state index in [2.05, 4.69) is 9.71 Å². The number of esters is 1. The van der Waals surface area contributed by atoms with Gasteiger partial charge in [0.15, 0.2) is 0 Å². The van der Waals surface area contributed by atoms with Crippen molar-refractivity contribution in [2.75, 3.05) is 26.0 Å². The predicted molar refractivity (Wildman–Crippen MR) is 136 cm³/mol. The number of rotatable bonds is 9. The zero-order valence-electron chi connectivity index (χ0n) is 20.4. The number of halogens is 2. The number of sulfonamides is 1. The van der Waals surface area contributed by atoms with Crippen molar-refractivity contribution >= 4 is 33.9 Å².